The summed E-state index contributed by atoms with van der Waals surface area (Å²) in [6, 6.07) is 5.26. The van der Waals surface area contributed by atoms with Crippen LogP contribution in [0.1, 0.15) is 35.5 Å². The zero-order chi connectivity index (χ0) is 21.4. The molecule has 1 aromatic carbocycles. The number of thioether (sulfide) groups is 1. The highest BCUT2D eigenvalue weighted by molar-refractivity contribution is 7.98. The van der Waals surface area contributed by atoms with Gasteiger partial charge in [-0.2, -0.15) is 4.98 Å². The highest BCUT2D eigenvalue weighted by Crippen LogP contribution is 2.30. The Labute approximate surface area is 177 Å². The molecule has 0 saturated carbocycles. The van der Waals surface area contributed by atoms with Crippen molar-refractivity contribution in [1.82, 2.24) is 24.9 Å². The van der Waals surface area contributed by atoms with Crippen LogP contribution in [0.5, 0.6) is 5.75 Å². The number of aryl methyl sites for hydroxylation is 2. The van der Waals surface area contributed by atoms with Crippen molar-refractivity contribution in [3.05, 3.63) is 40.7 Å². The molecule has 1 atom stereocenters. The molecule has 4 rings (SSSR count). The monoisotopic (exact) mass is 426 g/mol. The quantitative estimate of drug-likeness (QED) is 0.602. The van der Waals surface area contributed by atoms with E-state index in [1.54, 1.807) is 10.6 Å². The highest BCUT2D eigenvalue weighted by Gasteiger charge is 2.20. The first-order valence-corrected chi connectivity index (χ1v) is 10.7. The van der Waals surface area contributed by atoms with Gasteiger partial charge in [0.25, 0.3) is 11.7 Å². The zero-order valence-corrected chi connectivity index (χ0v) is 18.0. The van der Waals surface area contributed by atoms with Crippen molar-refractivity contribution < 1.29 is 14.3 Å². The first kappa shape index (κ1) is 20.1. The lowest BCUT2D eigenvalue weighted by Crippen LogP contribution is -2.29. The summed E-state index contributed by atoms with van der Waals surface area (Å²) in [6.45, 7) is 5.70. The molecule has 9 nitrogen and oxygen atoms in total. The van der Waals surface area contributed by atoms with Crippen LogP contribution in [0.4, 0.5) is 5.69 Å². The lowest BCUT2D eigenvalue weighted by Gasteiger charge is -2.21. The van der Waals surface area contributed by atoms with Crippen LogP contribution in [-0.4, -0.2) is 44.3 Å². The predicted octanol–water partition coefficient (Wildman–Crippen LogP) is 2.21. The van der Waals surface area contributed by atoms with Gasteiger partial charge >= 0.3 is 0 Å². The van der Waals surface area contributed by atoms with Crippen molar-refractivity contribution in [3.8, 4) is 5.75 Å². The molecular weight excluding hydrogens is 404 g/mol. The van der Waals surface area contributed by atoms with E-state index in [0.717, 1.165) is 22.5 Å². The van der Waals surface area contributed by atoms with Crippen LogP contribution in [0.25, 0.3) is 5.78 Å². The fraction of sp³-hybridized carbons (Fsp3) is 0.350. The number of nitrogens with zero attached hydrogens (tertiary/aromatic N) is 4. The van der Waals surface area contributed by atoms with Gasteiger partial charge in [0.05, 0.1) is 18.2 Å². The largest absolute Gasteiger partial charge is 0.482 e. The normalized spacial score (nSPS) is 14.1. The number of anilines is 1. The van der Waals surface area contributed by atoms with Gasteiger partial charge in [0.1, 0.15) is 5.75 Å². The molecule has 1 unspecified atom stereocenters. The molecule has 2 amide bonds. The van der Waals surface area contributed by atoms with Crippen molar-refractivity contribution in [2.45, 2.75) is 38.4 Å². The molecule has 0 saturated heterocycles. The molecule has 0 spiro atoms. The third-order valence-corrected chi connectivity index (χ3v) is 5.60. The van der Waals surface area contributed by atoms with Gasteiger partial charge < -0.3 is 15.4 Å². The van der Waals surface area contributed by atoms with Gasteiger partial charge in [-0.25, -0.2) is 9.50 Å². The molecule has 0 aliphatic carbocycles. The van der Waals surface area contributed by atoms with Crippen LogP contribution in [0.3, 0.4) is 0 Å². The molecule has 0 radical (unpaired) electrons. The first-order chi connectivity index (χ1) is 14.4. The third kappa shape index (κ3) is 3.82. The number of nitrogens with one attached hydrogen (secondary N) is 2. The molecule has 10 heteroatoms. The number of aromatic nitrogens is 4. The fourth-order valence-corrected chi connectivity index (χ4v) is 3.78. The maximum atomic E-state index is 12.8. The lowest BCUT2D eigenvalue weighted by atomic mass is 10.0. The topological polar surface area (TPSA) is 111 Å². The molecule has 156 valence electrons. The van der Waals surface area contributed by atoms with Gasteiger partial charge in [0.2, 0.25) is 11.1 Å². The van der Waals surface area contributed by atoms with Gasteiger partial charge in [0, 0.05) is 17.0 Å². The Morgan fingerprint density at radius 3 is 2.93 bits per heavy atom. The Kier molecular flexibility index (Phi) is 5.33. The van der Waals surface area contributed by atoms with E-state index in [4.69, 9.17) is 4.74 Å². The molecule has 0 bridgehead atoms. The van der Waals surface area contributed by atoms with E-state index in [-0.39, 0.29) is 30.9 Å². The van der Waals surface area contributed by atoms with Crippen molar-refractivity contribution in [1.29, 1.82) is 0 Å². The number of hydrogen-bond acceptors (Lipinski definition) is 7. The van der Waals surface area contributed by atoms with Crippen LogP contribution in [-0.2, 0) is 16.0 Å². The minimum absolute atomic E-state index is 0.0138. The average Bonchev–Trinajstić information content (AvgIpc) is 3.13. The minimum Gasteiger partial charge on any atom is -0.482 e. The van der Waals surface area contributed by atoms with Crippen molar-refractivity contribution in [2.75, 3.05) is 18.2 Å². The van der Waals surface area contributed by atoms with Crippen LogP contribution in [0.2, 0.25) is 0 Å². The maximum Gasteiger partial charge on any atom is 0.262 e. The molecule has 3 aromatic rings. The Balaban J connectivity index is 1.51. The van der Waals surface area contributed by atoms with E-state index in [2.05, 4.69) is 25.7 Å². The standard InChI is InChI=1S/C20H22N6O3S/c1-10(13-5-6-16-15(7-13)23-18(28)9-29-16)21-17(27)8-14-11(2)22-19-24-20(30-4)25-26(19)12(14)3/h5-7,10H,8-9H2,1-4H3,(H,21,27)(H,23,28). The fourth-order valence-electron chi connectivity index (χ4n) is 3.44. The van der Waals surface area contributed by atoms with Crippen LogP contribution < -0.4 is 15.4 Å². The number of carbonyl (C=O) groups is 2. The number of carbonyl (C=O) groups excluding carboxylic acids is 2. The number of amides is 2. The number of rotatable bonds is 5. The second-order valence-electron chi connectivity index (χ2n) is 7.13. The number of benzene rings is 1. The van der Waals surface area contributed by atoms with E-state index in [9.17, 15) is 9.59 Å². The van der Waals surface area contributed by atoms with Crippen molar-refractivity contribution in [2.24, 2.45) is 0 Å². The van der Waals surface area contributed by atoms with E-state index in [1.165, 1.54) is 11.8 Å². The summed E-state index contributed by atoms with van der Waals surface area (Å²) in [5.74, 6) is 0.839. The van der Waals surface area contributed by atoms with Gasteiger partial charge in [-0.05, 0) is 44.7 Å². The smallest absolute Gasteiger partial charge is 0.262 e. The molecule has 2 N–H and O–H groups in total. The van der Waals surface area contributed by atoms with Crippen molar-refractivity contribution in [3.63, 3.8) is 0 Å². The molecule has 2 aromatic heterocycles. The summed E-state index contributed by atoms with van der Waals surface area (Å²) in [7, 11) is 0. The van der Waals surface area contributed by atoms with E-state index < -0.39 is 0 Å². The van der Waals surface area contributed by atoms with E-state index in [1.807, 2.05) is 39.2 Å². The summed E-state index contributed by atoms with van der Waals surface area (Å²) < 4.78 is 7.06. The highest BCUT2D eigenvalue weighted by atomic mass is 32.2. The van der Waals surface area contributed by atoms with E-state index in [0.29, 0.717) is 22.4 Å². The molecular formula is C20H22N6O3S. The summed E-state index contributed by atoms with van der Waals surface area (Å²) in [6.07, 6.45) is 2.09. The van der Waals surface area contributed by atoms with Crippen LogP contribution >= 0.6 is 11.8 Å². The number of ether oxygens (including phenoxy) is 1. The van der Waals surface area contributed by atoms with Gasteiger partial charge in [-0.1, -0.05) is 17.8 Å². The Morgan fingerprint density at radius 1 is 1.37 bits per heavy atom. The van der Waals surface area contributed by atoms with Crippen molar-refractivity contribution >= 4 is 35.0 Å². The second-order valence-corrected chi connectivity index (χ2v) is 7.90. The molecule has 0 fully saturated rings. The predicted molar refractivity (Wildman–Crippen MR) is 113 cm³/mol. The number of fused-ring (bicyclic) bond motifs is 2. The first-order valence-electron chi connectivity index (χ1n) is 9.48. The summed E-state index contributed by atoms with van der Waals surface area (Å²) in [5.41, 5.74) is 3.92. The SMILES string of the molecule is CSc1nc2nc(C)c(CC(=O)NC(C)c3ccc4c(c3)NC(=O)CO4)c(C)n2n1. The Hall–Kier alpha value is -3.14. The molecule has 1 aliphatic heterocycles. The molecule has 3 heterocycles. The maximum absolute atomic E-state index is 12.8. The summed E-state index contributed by atoms with van der Waals surface area (Å²) in [5, 5.41) is 10.9. The lowest BCUT2D eigenvalue weighted by molar-refractivity contribution is -0.121. The van der Waals surface area contributed by atoms with E-state index >= 15 is 0 Å². The number of hydrogen-bond donors (Lipinski definition) is 2. The average molecular weight is 427 g/mol. The third-order valence-electron chi connectivity index (χ3n) is 5.06. The van der Waals surface area contributed by atoms with Gasteiger partial charge in [0.15, 0.2) is 6.61 Å². The Morgan fingerprint density at radius 2 is 2.17 bits per heavy atom. The zero-order valence-electron chi connectivity index (χ0n) is 17.1. The summed E-state index contributed by atoms with van der Waals surface area (Å²) in [4.78, 5) is 33.2. The summed E-state index contributed by atoms with van der Waals surface area (Å²) >= 11 is 1.45. The van der Waals surface area contributed by atoms with Gasteiger partial charge in [-0.3, -0.25) is 9.59 Å². The second kappa shape index (κ2) is 7.94. The molecule has 1 aliphatic rings. The van der Waals surface area contributed by atoms with Crippen LogP contribution in [0, 0.1) is 13.8 Å². The van der Waals surface area contributed by atoms with Crippen LogP contribution in [0.15, 0.2) is 23.4 Å². The minimum atomic E-state index is -0.242. The Bertz CT molecular complexity index is 1160. The molecule has 30 heavy (non-hydrogen) atoms. The van der Waals surface area contributed by atoms with Gasteiger partial charge in [-0.15, -0.1) is 5.10 Å².